The standard InChI is InChI=1S/C19H22N2O2/c1-13-5-7-14(8-6-13)12-20-19(23)21-18-4-2-3-15-9-10-16(22)11-17(15)18/h2-8,16,22H,9-12H2,1H3,(H2,20,21,23)/t16-/m0/s1. The number of urea groups is 1. The summed E-state index contributed by atoms with van der Waals surface area (Å²) in [6.45, 7) is 2.53. The molecular weight excluding hydrogens is 288 g/mol. The number of aryl methyl sites for hydroxylation is 2. The van der Waals surface area contributed by atoms with Crippen molar-refractivity contribution < 1.29 is 9.90 Å². The lowest BCUT2D eigenvalue weighted by Crippen LogP contribution is -2.29. The van der Waals surface area contributed by atoms with E-state index >= 15 is 0 Å². The molecule has 1 aliphatic rings. The normalized spacial score (nSPS) is 16.5. The van der Waals surface area contributed by atoms with E-state index in [1.54, 1.807) is 0 Å². The number of anilines is 1. The van der Waals surface area contributed by atoms with Crippen molar-refractivity contribution in [2.24, 2.45) is 0 Å². The van der Waals surface area contributed by atoms with E-state index in [1.807, 2.05) is 43.3 Å². The molecule has 2 amide bonds. The van der Waals surface area contributed by atoms with E-state index in [2.05, 4.69) is 16.7 Å². The second kappa shape index (κ2) is 6.84. The third kappa shape index (κ3) is 3.90. The number of benzene rings is 2. The molecule has 0 bridgehead atoms. The summed E-state index contributed by atoms with van der Waals surface area (Å²) < 4.78 is 0. The molecule has 0 heterocycles. The SMILES string of the molecule is Cc1ccc(CNC(=O)Nc2cccc3c2C[C@@H](O)CC3)cc1. The molecule has 1 aliphatic carbocycles. The number of hydrogen-bond acceptors (Lipinski definition) is 2. The Bertz CT molecular complexity index is 695. The first kappa shape index (κ1) is 15.6. The van der Waals surface area contributed by atoms with Crippen LogP contribution < -0.4 is 10.6 Å². The van der Waals surface area contributed by atoms with Crippen LogP contribution in [-0.2, 0) is 19.4 Å². The van der Waals surface area contributed by atoms with Crippen molar-refractivity contribution in [1.29, 1.82) is 0 Å². The Morgan fingerprint density at radius 2 is 2.00 bits per heavy atom. The van der Waals surface area contributed by atoms with Gasteiger partial charge in [0.05, 0.1) is 6.10 Å². The number of amides is 2. The van der Waals surface area contributed by atoms with E-state index in [1.165, 1.54) is 11.1 Å². The summed E-state index contributed by atoms with van der Waals surface area (Å²) in [4.78, 5) is 12.1. The van der Waals surface area contributed by atoms with Crippen molar-refractivity contribution in [2.45, 2.75) is 38.8 Å². The number of aliphatic hydroxyl groups excluding tert-OH is 1. The number of hydrogen-bond donors (Lipinski definition) is 3. The van der Waals surface area contributed by atoms with Gasteiger partial charge in [-0.1, -0.05) is 42.0 Å². The van der Waals surface area contributed by atoms with Crippen LogP contribution in [0.25, 0.3) is 0 Å². The monoisotopic (exact) mass is 310 g/mol. The van der Waals surface area contributed by atoms with Crippen LogP contribution in [0, 0.1) is 6.92 Å². The van der Waals surface area contributed by atoms with Crippen LogP contribution in [-0.4, -0.2) is 17.2 Å². The van der Waals surface area contributed by atoms with Gasteiger partial charge in [0.15, 0.2) is 0 Å². The molecule has 1 atom stereocenters. The Morgan fingerprint density at radius 1 is 1.22 bits per heavy atom. The zero-order chi connectivity index (χ0) is 16.2. The lowest BCUT2D eigenvalue weighted by molar-refractivity contribution is 0.159. The number of nitrogens with one attached hydrogen (secondary N) is 2. The lowest BCUT2D eigenvalue weighted by atomic mass is 9.88. The van der Waals surface area contributed by atoms with Crippen LogP contribution >= 0.6 is 0 Å². The number of fused-ring (bicyclic) bond motifs is 1. The van der Waals surface area contributed by atoms with Crippen LogP contribution in [0.4, 0.5) is 10.5 Å². The minimum Gasteiger partial charge on any atom is -0.393 e. The minimum atomic E-state index is -0.318. The second-order valence-electron chi connectivity index (χ2n) is 6.13. The van der Waals surface area contributed by atoms with Crippen LogP contribution in [0.15, 0.2) is 42.5 Å². The summed E-state index contributed by atoms with van der Waals surface area (Å²) >= 11 is 0. The third-order valence-electron chi connectivity index (χ3n) is 4.28. The number of carbonyl (C=O) groups excluding carboxylic acids is 1. The fourth-order valence-corrected chi connectivity index (χ4v) is 2.94. The van der Waals surface area contributed by atoms with E-state index in [0.29, 0.717) is 13.0 Å². The molecule has 4 heteroatoms. The van der Waals surface area contributed by atoms with Gasteiger partial charge in [0, 0.05) is 18.7 Å². The van der Waals surface area contributed by atoms with Gasteiger partial charge in [-0.05, 0) is 42.5 Å². The number of rotatable bonds is 3. The summed E-state index contributed by atoms with van der Waals surface area (Å²) in [5, 5.41) is 15.6. The molecule has 2 aromatic carbocycles. The molecule has 120 valence electrons. The van der Waals surface area contributed by atoms with Gasteiger partial charge in [-0.25, -0.2) is 4.79 Å². The predicted molar refractivity (Wildman–Crippen MR) is 91.5 cm³/mol. The van der Waals surface area contributed by atoms with Crippen LogP contribution in [0.2, 0.25) is 0 Å². The zero-order valence-electron chi connectivity index (χ0n) is 13.3. The van der Waals surface area contributed by atoms with Gasteiger partial charge in [-0.15, -0.1) is 0 Å². The van der Waals surface area contributed by atoms with E-state index in [0.717, 1.165) is 29.7 Å². The Morgan fingerprint density at radius 3 is 2.78 bits per heavy atom. The highest BCUT2D eigenvalue weighted by atomic mass is 16.3. The molecule has 0 spiro atoms. The number of carbonyl (C=O) groups is 1. The van der Waals surface area contributed by atoms with Gasteiger partial charge in [0.25, 0.3) is 0 Å². The molecule has 0 fully saturated rings. The summed E-state index contributed by atoms with van der Waals surface area (Å²) in [6.07, 6.45) is 1.93. The topological polar surface area (TPSA) is 61.4 Å². The second-order valence-corrected chi connectivity index (χ2v) is 6.13. The van der Waals surface area contributed by atoms with E-state index in [-0.39, 0.29) is 12.1 Å². The van der Waals surface area contributed by atoms with Gasteiger partial charge in [0.2, 0.25) is 0 Å². The summed E-state index contributed by atoms with van der Waals surface area (Å²) in [5.41, 5.74) is 5.33. The minimum absolute atomic E-state index is 0.223. The van der Waals surface area contributed by atoms with Crippen LogP contribution in [0.5, 0.6) is 0 Å². The maximum Gasteiger partial charge on any atom is 0.319 e. The molecule has 0 unspecified atom stereocenters. The van der Waals surface area contributed by atoms with Crippen molar-refractivity contribution in [3.8, 4) is 0 Å². The first-order chi connectivity index (χ1) is 11.1. The molecule has 23 heavy (non-hydrogen) atoms. The summed E-state index contributed by atoms with van der Waals surface area (Å²) in [7, 11) is 0. The predicted octanol–water partition coefficient (Wildman–Crippen LogP) is 3.17. The highest BCUT2D eigenvalue weighted by Gasteiger charge is 2.19. The first-order valence-corrected chi connectivity index (χ1v) is 8.01. The van der Waals surface area contributed by atoms with Crippen LogP contribution in [0.1, 0.15) is 28.7 Å². The van der Waals surface area contributed by atoms with E-state index < -0.39 is 0 Å². The zero-order valence-corrected chi connectivity index (χ0v) is 13.3. The molecule has 0 aromatic heterocycles. The van der Waals surface area contributed by atoms with Crippen LogP contribution in [0.3, 0.4) is 0 Å². The Labute approximate surface area is 136 Å². The fourth-order valence-electron chi connectivity index (χ4n) is 2.94. The van der Waals surface area contributed by atoms with Crippen molar-refractivity contribution in [3.05, 3.63) is 64.7 Å². The largest absolute Gasteiger partial charge is 0.393 e. The molecule has 0 radical (unpaired) electrons. The Balaban J connectivity index is 1.63. The Hall–Kier alpha value is -2.33. The van der Waals surface area contributed by atoms with Crippen molar-refractivity contribution in [2.75, 3.05) is 5.32 Å². The summed E-state index contributed by atoms with van der Waals surface area (Å²) in [6, 6.07) is 13.8. The molecule has 2 aromatic rings. The maximum absolute atomic E-state index is 12.1. The summed E-state index contributed by atoms with van der Waals surface area (Å²) in [5.74, 6) is 0. The lowest BCUT2D eigenvalue weighted by Gasteiger charge is -2.23. The molecule has 4 nitrogen and oxygen atoms in total. The quantitative estimate of drug-likeness (QED) is 0.815. The van der Waals surface area contributed by atoms with E-state index in [9.17, 15) is 9.90 Å². The maximum atomic E-state index is 12.1. The van der Waals surface area contributed by atoms with Gasteiger partial charge in [0.1, 0.15) is 0 Å². The highest BCUT2D eigenvalue weighted by Crippen LogP contribution is 2.28. The van der Waals surface area contributed by atoms with Gasteiger partial charge >= 0.3 is 6.03 Å². The van der Waals surface area contributed by atoms with Crippen molar-refractivity contribution in [3.63, 3.8) is 0 Å². The molecule has 0 saturated heterocycles. The Kier molecular flexibility index (Phi) is 4.63. The third-order valence-corrected chi connectivity index (χ3v) is 4.28. The smallest absolute Gasteiger partial charge is 0.319 e. The molecule has 0 saturated carbocycles. The van der Waals surface area contributed by atoms with Gasteiger partial charge in [-0.3, -0.25) is 0 Å². The average Bonchev–Trinajstić information content (AvgIpc) is 2.55. The molecular formula is C19H22N2O2. The average molecular weight is 310 g/mol. The molecule has 3 rings (SSSR count). The first-order valence-electron chi connectivity index (χ1n) is 8.01. The van der Waals surface area contributed by atoms with Crippen molar-refractivity contribution in [1.82, 2.24) is 5.32 Å². The van der Waals surface area contributed by atoms with Gasteiger partial charge in [-0.2, -0.15) is 0 Å². The molecule has 3 N–H and O–H groups in total. The highest BCUT2D eigenvalue weighted by molar-refractivity contribution is 5.90. The van der Waals surface area contributed by atoms with Crippen molar-refractivity contribution >= 4 is 11.7 Å². The van der Waals surface area contributed by atoms with Gasteiger partial charge < -0.3 is 15.7 Å². The number of aliphatic hydroxyl groups is 1. The van der Waals surface area contributed by atoms with E-state index in [4.69, 9.17) is 0 Å². The fraction of sp³-hybridized carbons (Fsp3) is 0.316. The molecule has 0 aliphatic heterocycles.